The number of hydrogen-bond acceptors (Lipinski definition) is 4. The number of aromatic nitrogens is 3. The smallest absolute Gasteiger partial charge is 0.132 e. The summed E-state index contributed by atoms with van der Waals surface area (Å²) in [7, 11) is 0. The molecule has 0 unspecified atom stereocenters. The van der Waals surface area contributed by atoms with E-state index in [0.717, 1.165) is 49.8 Å². The van der Waals surface area contributed by atoms with Crippen LogP contribution in [-0.2, 0) is 12.8 Å². The molecule has 0 atom stereocenters. The molecule has 5 rings (SSSR count). The van der Waals surface area contributed by atoms with Gasteiger partial charge in [0.05, 0.1) is 17.2 Å². The van der Waals surface area contributed by atoms with Gasteiger partial charge in [0, 0.05) is 29.9 Å². The van der Waals surface area contributed by atoms with Crippen LogP contribution in [0.15, 0.2) is 18.3 Å². The average molecular weight is 321 g/mol. The molecule has 1 saturated heterocycles. The van der Waals surface area contributed by atoms with Crippen molar-refractivity contribution >= 4 is 27.6 Å². The Morgan fingerprint density at radius 3 is 2.71 bits per heavy atom. The van der Waals surface area contributed by atoms with Crippen LogP contribution in [-0.4, -0.2) is 34.3 Å². The third kappa shape index (κ3) is 2.11. The third-order valence-electron chi connectivity index (χ3n) is 5.71. The van der Waals surface area contributed by atoms with E-state index in [1.165, 1.54) is 40.6 Å². The molecule has 5 nitrogen and oxygen atoms in total. The summed E-state index contributed by atoms with van der Waals surface area (Å²) < 4.78 is 0. The van der Waals surface area contributed by atoms with Crippen LogP contribution in [0.5, 0.6) is 0 Å². The van der Waals surface area contributed by atoms with Gasteiger partial charge in [-0.05, 0) is 61.8 Å². The average Bonchev–Trinajstić information content (AvgIpc) is 3.10. The first-order valence-corrected chi connectivity index (χ1v) is 9.09. The molecular formula is C19H23N5. The Hall–Kier alpha value is -2.14. The second-order valence-electron chi connectivity index (χ2n) is 7.22. The van der Waals surface area contributed by atoms with Gasteiger partial charge in [-0.3, -0.25) is 5.10 Å². The Labute approximate surface area is 141 Å². The van der Waals surface area contributed by atoms with Gasteiger partial charge in [0.1, 0.15) is 5.82 Å². The predicted molar refractivity (Wildman–Crippen MR) is 97.5 cm³/mol. The minimum Gasteiger partial charge on any atom is -0.356 e. The monoisotopic (exact) mass is 321 g/mol. The van der Waals surface area contributed by atoms with Gasteiger partial charge in [0.2, 0.25) is 0 Å². The van der Waals surface area contributed by atoms with Crippen molar-refractivity contribution in [2.75, 3.05) is 18.0 Å². The quantitative estimate of drug-likeness (QED) is 0.723. The molecule has 3 aromatic rings. The lowest BCUT2D eigenvalue weighted by molar-refractivity contribution is 0.497. The van der Waals surface area contributed by atoms with E-state index in [4.69, 9.17) is 10.7 Å². The second-order valence-corrected chi connectivity index (χ2v) is 7.22. The molecule has 2 aromatic heterocycles. The standard InChI is InChI=1S/C19H23N5/c20-12-7-9-24(10-8-12)19-14-4-2-1-3-13(14)18-15-11-21-23-16(15)5-6-17(18)22-19/h5-6,11-12H,1-4,7-10,20H2,(H,21,23). The SMILES string of the molecule is NC1CCN(c2nc3ccc4[nH]ncc4c3c3c2CCCC3)CC1. The highest BCUT2D eigenvalue weighted by Gasteiger charge is 2.25. The Morgan fingerprint density at radius 1 is 1.08 bits per heavy atom. The number of aromatic amines is 1. The van der Waals surface area contributed by atoms with Gasteiger partial charge < -0.3 is 10.6 Å². The summed E-state index contributed by atoms with van der Waals surface area (Å²) in [6.45, 7) is 2.06. The van der Waals surface area contributed by atoms with Gasteiger partial charge in [-0.1, -0.05) is 0 Å². The first kappa shape index (κ1) is 14.2. The lowest BCUT2D eigenvalue weighted by Crippen LogP contribution is -2.40. The molecule has 24 heavy (non-hydrogen) atoms. The van der Waals surface area contributed by atoms with E-state index < -0.39 is 0 Å². The van der Waals surface area contributed by atoms with Crippen LogP contribution in [0, 0.1) is 0 Å². The first-order valence-electron chi connectivity index (χ1n) is 9.09. The van der Waals surface area contributed by atoms with Gasteiger partial charge >= 0.3 is 0 Å². The van der Waals surface area contributed by atoms with E-state index in [-0.39, 0.29) is 0 Å². The number of pyridine rings is 1. The van der Waals surface area contributed by atoms with E-state index >= 15 is 0 Å². The molecule has 1 fully saturated rings. The van der Waals surface area contributed by atoms with Gasteiger partial charge in [-0.2, -0.15) is 5.10 Å². The summed E-state index contributed by atoms with van der Waals surface area (Å²) in [6.07, 6.45) is 8.91. The molecule has 0 amide bonds. The van der Waals surface area contributed by atoms with Crippen molar-refractivity contribution in [3.05, 3.63) is 29.5 Å². The highest BCUT2D eigenvalue weighted by Crippen LogP contribution is 2.37. The third-order valence-corrected chi connectivity index (χ3v) is 5.71. The van der Waals surface area contributed by atoms with Crippen LogP contribution in [0.2, 0.25) is 0 Å². The van der Waals surface area contributed by atoms with Crippen molar-refractivity contribution in [2.24, 2.45) is 5.73 Å². The number of rotatable bonds is 1. The zero-order valence-electron chi connectivity index (χ0n) is 13.9. The molecule has 1 aromatic carbocycles. The summed E-state index contributed by atoms with van der Waals surface area (Å²) in [6, 6.07) is 4.59. The summed E-state index contributed by atoms with van der Waals surface area (Å²) >= 11 is 0. The molecule has 2 aliphatic rings. The molecular weight excluding hydrogens is 298 g/mol. The maximum absolute atomic E-state index is 6.10. The molecule has 0 spiro atoms. The minimum atomic E-state index is 0.350. The topological polar surface area (TPSA) is 70.8 Å². The van der Waals surface area contributed by atoms with E-state index in [1.54, 1.807) is 0 Å². The van der Waals surface area contributed by atoms with E-state index in [0.29, 0.717) is 6.04 Å². The molecule has 5 heteroatoms. The van der Waals surface area contributed by atoms with Gasteiger partial charge in [-0.25, -0.2) is 4.98 Å². The van der Waals surface area contributed by atoms with E-state index in [2.05, 4.69) is 27.2 Å². The highest BCUT2D eigenvalue weighted by atomic mass is 15.2. The highest BCUT2D eigenvalue weighted by molar-refractivity contribution is 6.07. The van der Waals surface area contributed by atoms with Gasteiger partial charge in [0.15, 0.2) is 0 Å². The Kier molecular flexibility index (Phi) is 3.23. The number of nitrogens with one attached hydrogen (secondary N) is 1. The van der Waals surface area contributed by atoms with E-state index in [9.17, 15) is 0 Å². The summed E-state index contributed by atoms with van der Waals surface area (Å²) in [4.78, 5) is 7.58. The van der Waals surface area contributed by atoms with Crippen LogP contribution < -0.4 is 10.6 Å². The predicted octanol–water partition coefficient (Wildman–Crippen LogP) is 2.92. The number of hydrogen-bond donors (Lipinski definition) is 2. The van der Waals surface area contributed by atoms with Crippen LogP contribution in [0.4, 0.5) is 5.82 Å². The zero-order chi connectivity index (χ0) is 16.1. The lowest BCUT2D eigenvalue weighted by atomic mass is 9.87. The van der Waals surface area contributed by atoms with Gasteiger partial charge in [-0.15, -0.1) is 0 Å². The maximum atomic E-state index is 6.10. The van der Waals surface area contributed by atoms with Crippen LogP contribution in [0.25, 0.3) is 21.8 Å². The number of piperidine rings is 1. The Morgan fingerprint density at radius 2 is 1.88 bits per heavy atom. The number of aryl methyl sites for hydroxylation is 1. The summed E-state index contributed by atoms with van der Waals surface area (Å²) in [5.74, 6) is 1.21. The number of nitrogens with zero attached hydrogens (tertiary/aromatic N) is 3. The normalized spacial score (nSPS) is 19.1. The largest absolute Gasteiger partial charge is 0.356 e. The molecule has 3 N–H and O–H groups in total. The van der Waals surface area contributed by atoms with Crippen molar-refractivity contribution in [3.63, 3.8) is 0 Å². The lowest BCUT2D eigenvalue weighted by Gasteiger charge is -2.34. The Balaban J connectivity index is 1.75. The summed E-state index contributed by atoms with van der Waals surface area (Å²) in [5, 5.41) is 9.87. The fraction of sp³-hybridized carbons (Fsp3) is 0.474. The van der Waals surface area contributed by atoms with Crippen LogP contribution in [0.1, 0.15) is 36.8 Å². The van der Waals surface area contributed by atoms with Crippen molar-refractivity contribution in [3.8, 4) is 0 Å². The molecule has 0 radical (unpaired) electrons. The number of benzene rings is 1. The molecule has 124 valence electrons. The fourth-order valence-electron chi connectivity index (χ4n) is 4.40. The van der Waals surface area contributed by atoms with Gasteiger partial charge in [0.25, 0.3) is 0 Å². The molecule has 1 aliphatic heterocycles. The number of fused-ring (bicyclic) bond motifs is 5. The molecule has 0 bridgehead atoms. The van der Waals surface area contributed by atoms with Crippen LogP contribution in [0.3, 0.4) is 0 Å². The molecule has 1 aliphatic carbocycles. The summed E-state index contributed by atoms with van der Waals surface area (Å²) in [5.41, 5.74) is 11.3. The number of nitrogens with two attached hydrogens (primary N) is 1. The van der Waals surface area contributed by atoms with E-state index in [1.807, 2.05) is 6.20 Å². The first-order chi connectivity index (χ1) is 11.8. The maximum Gasteiger partial charge on any atom is 0.132 e. The molecule has 3 heterocycles. The van der Waals surface area contributed by atoms with Crippen molar-refractivity contribution in [1.82, 2.24) is 15.2 Å². The van der Waals surface area contributed by atoms with Crippen molar-refractivity contribution in [1.29, 1.82) is 0 Å². The van der Waals surface area contributed by atoms with Crippen LogP contribution >= 0.6 is 0 Å². The second kappa shape index (κ2) is 5.45. The zero-order valence-corrected chi connectivity index (χ0v) is 13.9. The van der Waals surface area contributed by atoms with Crippen molar-refractivity contribution in [2.45, 2.75) is 44.6 Å². The number of H-pyrrole nitrogens is 1. The Bertz CT molecular complexity index is 905. The fourth-order valence-corrected chi connectivity index (χ4v) is 4.40. The molecule has 0 saturated carbocycles. The van der Waals surface area contributed by atoms with Crippen molar-refractivity contribution < 1.29 is 0 Å². The number of anilines is 1. The minimum absolute atomic E-state index is 0.350.